The number of aromatic nitrogens is 3. The first-order valence-electron chi connectivity index (χ1n) is 19.1. The Morgan fingerprint density at radius 2 is 1.04 bits per heavy atom. The monoisotopic (exact) mass is 611 g/mol. The van der Waals surface area contributed by atoms with Crippen LogP contribution in [0.5, 0.6) is 0 Å². The van der Waals surface area contributed by atoms with Crippen LogP contribution in [0, 0.1) is 48.3 Å². The molecule has 3 nitrogen and oxygen atoms in total. The Labute approximate surface area is 275 Å². The van der Waals surface area contributed by atoms with Gasteiger partial charge in [0, 0.05) is 44.8 Å². The van der Waals surface area contributed by atoms with E-state index in [9.17, 15) is 0 Å². The molecule has 0 radical (unpaired) electrons. The summed E-state index contributed by atoms with van der Waals surface area (Å²) in [5.74, 6) is 6.53. The van der Waals surface area contributed by atoms with Gasteiger partial charge in [-0.05, 0) is 158 Å². The number of hydrogen-bond donors (Lipinski definition) is 0. The lowest BCUT2D eigenvalue weighted by atomic mass is 9.56. The second-order valence-corrected chi connectivity index (χ2v) is 18.3. The van der Waals surface area contributed by atoms with E-state index < -0.39 is 0 Å². The Balaban J connectivity index is 1.18. The molecule has 14 rings (SSSR count). The zero-order valence-corrected chi connectivity index (χ0v) is 27.6. The second kappa shape index (κ2) is 7.41. The fourth-order valence-corrected chi connectivity index (χ4v) is 15.9. The van der Waals surface area contributed by atoms with Crippen LogP contribution in [0.3, 0.4) is 0 Å². The minimum absolute atomic E-state index is 0.635. The van der Waals surface area contributed by atoms with Crippen molar-refractivity contribution in [2.24, 2.45) is 34.5 Å². The molecule has 2 spiro atoms. The molecule has 0 saturated heterocycles. The van der Waals surface area contributed by atoms with Gasteiger partial charge in [-0.25, -0.2) is 0 Å². The average molecular weight is 612 g/mol. The lowest BCUT2D eigenvalue weighted by molar-refractivity contribution is 0.00321. The van der Waals surface area contributed by atoms with Crippen molar-refractivity contribution in [2.75, 3.05) is 0 Å². The van der Waals surface area contributed by atoms with E-state index in [1.807, 2.05) is 0 Å². The molecule has 6 aromatic rings. The molecule has 0 N–H and O–H groups in total. The van der Waals surface area contributed by atoms with Gasteiger partial charge < -0.3 is 4.40 Å². The summed E-state index contributed by atoms with van der Waals surface area (Å²) in [7, 11) is 0. The summed E-state index contributed by atoms with van der Waals surface area (Å²) in [4.78, 5) is 11.1. The van der Waals surface area contributed by atoms with Gasteiger partial charge in [0.05, 0.1) is 28.9 Å². The molecule has 4 aromatic heterocycles. The van der Waals surface area contributed by atoms with E-state index in [1.54, 1.807) is 21.9 Å². The molecule has 47 heavy (non-hydrogen) atoms. The first kappa shape index (κ1) is 24.6. The standard InChI is InChI=1S/C44H41N3/c1-20-33(22-6-4-3-5-7-22)21(2)35-39-32(19-46-41-26-11-30-13-28-9-24(37(39)41)15-44(28,30)17-26)47-31-18-45-40-25-10-29-12-27-8-23(14-43(27,29)16-25)36(40)38(31)34(20)42(35)47/h3-7,18-19,23-30H,8-17H2,1-2H3. The quantitative estimate of drug-likeness (QED) is 0.185. The van der Waals surface area contributed by atoms with Gasteiger partial charge in [-0.1, -0.05) is 30.3 Å². The summed E-state index contributed by atoms with van der Waals surface area (Å²) in [6.07, 6.45) is 18.8. The van der Waals surface area contributed by atoms with E-state index >= 15 is 0 Å². The number of hydrogen-bond acceptors (Lipinski definition) is 2. The summed E-state index contributed by atoms with van der Waals surface area (Å²) in [6.45, 7) is 4.91. The smallest absolute Gasteiger partial charge is 0.0728 e. The predicted octanol–water partition coefficient (Wildman–Crippen LogP) is 10.7. The molecule has 8 aliphatic rings. The van der Waals surface area contributed by atoms with Gasteiger partial charge >= 0.3 is 0 Å². The third-order valence-corrected chi connectivity index (χ3v) is 17.3. The van der Waals surface area contributed by atoms with Gasteiger partial charge in [0.1, 0.15) is 0 Å². The highest BCUT2D eigenvalue weighted by atomic mass is 15.0. The van der Waals surface area contributed by atoms with Crippen LogP contribution in [0.15, 0.2) is 42.7 Å². The van der Waals surface area contributed by atoms with Crippen molar-refractivity contribution in [3.05, 3.63) is 76.4 Å². The SMILES string of the molecule is Cc1c(-c2ccccc2)c(C)c2c3c4c(ncc3n3c5cnc6c(c5c1c23)C1CC2CC3CC6CC32C1)C1CC2CC3CC4CC23C1. The van der Waals surface area contributed by atoms with Crippen LogP contribution in [0.25, 0.3) is 49.2 Å². The highest BCUT2D eigenvalue weighted by Crippen LogP contribution is 2.78. The molecule has 10 unspecified atom stereocenters. The lowest BCUT2D eigenvalue weighted by Gasteiger charge is -2.48. The third kappa shape index (κ3) is 2.40. The second-order valence-electron chi connectivity index (χ2n) is 18.3. The van der Waals surface area contributed by atoms with Crippen molar-refractivity contribution in [2.45, 2.75) is 102 Å². The summed E-state index contributed by atoms with van der Waals surface area (Å²) >= 11 is 0. The van der Waals surface area contributed by atoms with E-state index in [0.29, 0.717) is 34.5 Å². The Kier molecular flexibility index (Phi) is 3.89. The molecule has 4 heterocycles. The minimum Gasteiger partial charge on any atom is -0.305 e. The Morgan fingerprint density at radius 1 is 0.574 bits per heavy atom. The summed E-state index contributed by atoms with van der Waals surface area (Å²) in [5.41, 5.74) is 17.6. The van der Waals surface area contributed by atoms with Gasteiger partial charge in [-0.3, -0.25) is 9.97 Å². The first-order chi connectivity index (χ1) is 23.0. The lowest BCUT2D eigenvalue weighted by Crippen LogP contribution is -2.41. The highest BCUT2D eigenvalue weighted by Gasteiger charge is 2.67. The van der Waals surface area contributed by atoms with Crippen LogP contribution in [0.1, 0.15) is 122 Å². The normalized spacial score (nSPS) is 39.4. The molecule has 3 heteroatoms. The molecule has 232 valence electrons. The van der Waals surface area contributed by atoms with E-state index in [0.717, 1.165) is 23.7 Å². The van der Waals surface area contributed by atoms with Crippen LogP contribution < -0.4 is 0 Å². The fraction of sp³-hybridized carbons (Fsp3) is 0.500. The maximum absolute atomic E-state index is 5.53. The molecule has 6 saturated carbocycles. The third-order valence-electron chi connectivity index (χ3n) is 17.3. The molecule has 0 aliphatic heterocycles. The number of aryl methyl sites for hydroxylation is 2. The summed E-state index contributed by atoms with van der Waals surface area (Å²) < 4.78 is 2.69. The van der Waals surface area contributed by atoms with Crippen molar-refractivity contribution in [1.82, 2.24) is 14.4 Å². The molecule has 6 fully saturated rings. The zero-order valence-electron chi connectivity index (χ0n) is 27.6. The van der Waals surface area contributed by atoms with Crippen molar-refractivity contribution in [1.29, 1.82) is 0 Å². The van der Waals surface area contributed by atoms with Gasteiger partial charge in [0.25, 0.3) is 0 Å². The summed E-state index contributed by atoms with van der Waals surface area (Å²) in [5, 5.41) is 6.20. The number of nitrogens with zero attached hydrogens (tertiary/aromatic N) is 3. The largest absolute Gasteiger partial charge is 0.305 e. The number of rotatable bonds is 1. The predicted molar refractivity (Wildman–Crippen MR) is 188 cm³/mol. The Hall–Kier alpha value is -3.46. The first-order valence-corrected chi connectivity index (χ1v) is 19.1. The fourth-order valence-electron chi connectivity index (χ4n) is 15.9. The maximum atomic E-state index is 5.53. The number of fused-ring (bicyclic) bond motifs is 18. The molecule has 10 atom stereocenters. The van der Waals surface area contributed by atoms with E-state index in [-0.39, 0.29) is 0 Å². The van der Waals surface area contributed by atoms with Gasteiger partial charge in [0.2, 0.25) is 0 Å². The zero-order chi connectivity index (χ0) is 30.3. The van der Waals surface area contributed by atoms with Gasteiger partial charge in [0.15, 0.2) is 0 Å². The molecular formula is C44H41N3. The molecule has 6 bridgehead atoms. The van der Waals surface area contributed by atoms with Gasteiger partial charge in [-0.2, -0.15) is 0 Å². The molecule has 0 amide bonds. The average Bonchev–Trinajstić information content (AvgIpc) is 3.85. The summed E-state index contributed by atoms with van der Waals surface area (Å²) in [6, 6.07) is 11.4. The van der Waals surface area contributed by atoms with E-state index in [2.05, 4.69) is 61.0 Å². The van der Waals surface area contributed by atoms with Crippen molar-refractivity contribution < 1.29 is 0 Å². The van der Waals surface area contributed by atoms with Gasteiger partial charge in [-0.15, -0.1) is 0 Å². The van der Waals surface area contributed by atoms with Crippen LogP contribution in [-0.4, -0.2) is 14.4 Å². The molecule has 2 aromatic carbocycles. The highest BCUT2D eigenvalue weighted by molar-refractivity contribution is 6.28. The van der Waals surface area contributed by atoms with Crippen LogP contribution in [-0.2, 0) is 0 Å². The van der Waals surface area contributed by atoms with Crippen LogP contribution in [0.4, 0.5) is 0 Å². The maximum Gasteiger partial charge on any atom is 0.0728 e. The number of benzene rings is 2. The Bertz CT molecular complexity index is 2320. The number of pyridine rings is 2. The van der Waals surface area contributed by atoms with Crippen LogP contribution in [0.2, 0.25) is 0 Å². The molecule has 8 aliphatic carbocycles. The van der Waals surface area contributed by atoms with Crippen LogP contribution >= 0.6 is 0 Å². The molecular weight excluding hydrogens is 571 g/mol. The van der Waals surface area contributed by atoms with E-state index in [4.69, 9.17) is 9.97 Å². The topological polar surface area (TPSA) is 30.2 Å². The van der Waals surface area contributed by atoms with Crippen molar-refractivity contribution in [3.8, 4) is 11.1 Å². The minimum atomic E-state index is 0.635. The van der Waals surface area contributed by atoms with Crippen molar-refractivity contribution in [3.63, 3.8) is 0 Å². The Morgan fingerprint density at radius 3 is 1.55 bits per heavy atom. The van der Waals surface area contributed by atoms with Crippen molar-refractivity contribution >= 4 is 38.1 Å². The van der Waals surface area contributed by atoms with E-state index in [1.165, 1.54) is 125 Å².